The van der Waals surface area contributed by atoms with Crippen LogP contribution in [0.1, 0.15) is 31.2 Å². The molecule has 0 bridgehead atoms. The van der Waals surface area contributed by atoms with Crippen LogP contribution in [-0.2, 0) is 19.5 Å². The molecule has 1 N–H and O–H groups in total. The lowest BCUT2D eigenvalue weighted by atomic mass is 10.2. The lowest BCUT2D eigenvalue weighted by Crippen LogP contribution is -2.35. The highest BCUT2D eigenvalue weighted by Crippen LogP contribution is 2.39. The first kappa shape index (κ1) is 15.9. The predicted molar refractivity (Wildman–Crippen MR) is 78.3 cm³/mol. The molecule has 1 unspecified atom stereocenters. The molecule has 1 aromatic carbocycles. The molecule has 22 heavy (non-hydrogen) atoms. The molecule has 2 aliphatic rings. The highest BCUT2D eigenvalue weighted by atomic mass is 32.2. The van der Waals surface area contributed by atoms with Gasteiger partial charge in [0.05, 0.1) is 17.6 Å². The fourth-order valence-corrected chi connectivity index (χ4v) is 4.11. The molecule has 1 saturated heterocycles. The number of halogens is 1. The molecular weight excluding hydrogens is 309 g/mol. The quantitative estimate of drug-likeness (QED) is 0.919. The second kappa shape index (κ2) is 5.88. The van der Waals surface area contributed by atoms with Gasteiger partial charge in [0.25, 0.3) is 0 Å². The first-order valence-corrected chi connectivity index (χ1v) is 8.96. The van der Waals surface area contributed by atoms with Crippen molar-refractivity contribution in [1.29, 1.82) is 0 Å². The molecule has 0 radical (unpaired) electrons. The van der Waals surface area contributed by atoms with E-state index >= 15 is 0 Å². The summed E-state index contributed by atoms with van der Waals surface area (Å²) in [5, 5.41) is 0. The Morgan fingerprint density at radius 2 is 2.09 bits per heavy atom. The van der Waals surface area contributed by atoms with Crippen molar-refractivity contribution in [3.05, 3.63) is 29.6 Å². The fourth-order valence-electron chi connectivity index (χ4n) is 2.96. The van der Waals surface area contributed by atoms with Gasteiger partial charge in [0, 0.05) is 19.4 Å². The summed E-state index contributed by atoms with van der Waals surface area (Å²) in [6.07, 6.45) is 3.61. The van der Waals surface area contributed by atoms with Crippen molar-refractivity contribution < 1.29 is 22.3 Å². The third-order valence-corrected chi connectivity index (χ3v) is 5.64. The maximum Gasteiger partial charge on any atom is 0.240 e. The van der Waals surface area contributed by atoms with Crippen LogP contribution in [0.15, 0.2) is 23.1 Å². The van der Waals surface area contributed by atoms with Crippen LogP contribution in [0.2, 0.25) is 0 Å². The van der Waals surface area contributed by atoms with Crippen molar-refractivity contribution in [3.63, 3.8) is 0 Å². The summed E-state index contributed by atoms with van der Waals surface area (Å²) in [6.45, 7) is 2.08. The van der Waals surface area contributed by atoms with E-state index < -0.39 is 21.6 Å². The second-order valence-electron chi connectivity index (χ2n) is 5.93. The summed E-state index contributed by atoms with van der Waals surface area (Å²) in [5.41, 5.74) is 0.299. The van der Waals surface area contributed by atoms with Crippen molar-refractivity contribution in [1.82, 2.24) is 4.72 Å². The number of benzene rings is 1. The number of rotatable bonds is 4. The van der Waals surface area contributed by atoms with E-state index in [0.717, 1.165) is 31.7 Å². The Bertz CT molecular complexity index is 656. The summed E-state index contributed by atoms with van der Waals surface area (Å²) in [7, 11) is -3.67. The van der Waals surface area contributed by atoms with Gasteiger partial charge >= 0.3 is 0 Å². The standard InChI is InChI=1S/C15H20FNO4S/c1-11-8-13(4-5-14(11)16)22(18,19)17-9-12-10-20-15(21-12)6-2-3-7-15/h4-5,8,12,17H,2-3,6-7,9-10H2,1H3. The molecule has 122 valence electrons. The zero-order chi connectivity index (χ0) is 15.8. The van der Waals surface area contributed by atoms with Crippen LogP contribution in [0, 0.1) is 12.7 Å². The second-order valence-corrected chi connectivity index (χ2v) is 7.70. The number of hydrogen-bond donors (Lipinski definition) is 1. The maximum absolute atomic E-state index is 13.2. The van der Waals surface area contributed by atoms with Gasteiger partial charge < -0.3 is 9.47 Å². The van der Waals surface area contributed by atoms with Crippen LogP contribution in [0.25, 0.3) is 0 Å². The summed E-state index contributed by atoms with van der Waals surface area (Å²) < 4.78 is 51.8. The van der Waals surface area contributed by atoms with Gasteiger partial charge in [0.1, 0.15) is 5.82 Å². The molecule has 1 saturated carbocycles. The van der Waals surface area contributed by atoms with Crippen molar-refractivity contribution in [3.8, 4) is 0 Å². The number of sulfonamides is 1. The Morgan fingerprint density at radius 1 is 1.36 bits per heavy atom. The molecule has 7 heteroatoms. The topological polar surface area (TPSA) is 64.6 Å². The average molecular weight is 329 g/mol. The number of nitrogens with one attached hydrogen (secondary N) is 1. The molecule has 1 aromatic rings. The van der Waals surface area contributed by atoms with E-state index in [1.165, 1.54) is 19.1 Å². The Hall–Kier alpha value is -1.02. The first-order chi connectivity index (χ1) is 10.4. The molecule has 3 rings (SSSR count). The van der Waals surface area contributed by atoms with E-state index in [0.29, 0.717) is 12.2 Å². The third kappa shape index (κ3) is 3.17. The SMILES string of the molecule is Cc1cc(S(=O)(=O)NCC2COC3(CCCC3)O2)ccc1F. The van der Waals surface area contributed by atoms with Crippen molar-refractivity contribution >= 4 is 10.0 Å². The van der Waals surface area contributed by atoms with Gasteiger partial charge in [-0.05, 0) is 43.5 Å². The van der Waals surface area contributed by atoms with Gasteiger partial charge in [-0.25, -0.2) is 17.5 Å². The number of hydrogen-bond acceptors (Lipinski definition) is 4. The van der Waals surface area contributed by atoms with Crippen molar-refractivity contribution in [2.45, 2.75) is 49.4 Å². The third-order valence-electron chi connectivity index (χ3n) is 4.22. The van der Waals surface area contributed by atoms with Gasteiger partial charge in [0.15, 0.2) is 5.79 Å². The summed E-state index contributed by atoms with van der Waals surface area (Å²) in [4.78, 5) is 0.0564. The van der Waals surface area contributed by atoms with Crippen LogP contribution in [-0.4, -0.2) is 33.5 Å². The molecule has 1 spiro atoms. The average Bonchev–Trinajstić information content (AvgIpc) is 3.10. The minimum Gasteiger partial charge on any atom is -0.347 e. The van der Waals surface area contributed by atoms with E-state index in [1.54, 1.807) is 0 Å². The Kier molecular flexibility index (Phi) is 4.24. The minimum absolute atomic E-state index is 0.0564. The lowest BCUT2D eigenvalue weighted by Gasteiger charge is -2.21. The Morgan fingerprint density at radius 3 is 2.77 bits per heavy atom. The predicted octanol–water partition coefficient (Wildman–Crippen LogP) is 2.10. The highest BCUT2D eigenvalue weighted by Gasteiger charge is 2.43. The zero-order valence-corrected chi connectivity index (χ0v) is 13.3. The monoisotopic (exact) mass is 329 g/mol. The summed E-state index contributed by atoms with van der Waals surface area (Å²) in [6, 6.07) is 3.74. The number of ether oxygens (including phenoxy) is 2. The van der Waals surface area contributed by atoms with Crippen LogP contribution in [0.5, 0.6) is 0 Å². The summed E-state index contributed by atoms with van der Waals surface area (Å²) in [5.74, 6) is -0.919. The fraction of sp³-hybridized carbons (Fsp3) is 0.600. The normalized spacial score (nSPS) is 24.2. The smallest absolute Gasteiger partial charge is 0.240 e. The molecule has 2 fully saturated rings. The Balaban J connectivity index is 1.62. The van der Waals surface area contributed by atoms with Crippen LogP contribution in [0.3, 0.4) is 0 Å². The van der Waals surface area contributed by atoms with Gasteiger partial charge in [-0.2, -0.15) is 0 Å². The van der Waals surface area contributed by atoms with Gasteiger partial charge in [-0.3, -0.25) is 0 Å². The molecule has 1 atom stereocenters. The van der Waals surface area contributed by atoms with E-state index in [9.17, 15) is 12.8 Å². The maximum atomic E-state index is 13.2. The molecule has 1 heterocycles. The van der Waals surface area contributed by atoms with E-state index in [1.807, 2.05) is 0 Å². The van der Waals surface area contributed by atoms with E-state index in [2.05, 4.69) is 4.72 Å². The summed E-state index contributed by atoms with van der Waals surface area (Å²) >= 11 is 0. The lowest BCUT2D eigenvalue weighted by molar-refractivity contribution is -0.160. The van der Waals surface area contributed by atoms with Crippen LogP contribution >= 0.6 is 0 Å². The molecule has 1 aliphatic carbocycles. The minimum atomic E-state index is -3.67. The molecule has 5 nitrogen and oxygen atoms in total. The van der Waals surface area contributed by atoms with Gasteiger partial charge in [0.2, 0.25) is 10.0 Å². The van der Waals surface area contributed by atoms with Gasteiger partial charge in [-0.15, -0.1) is 0 Å². The molecule has 0 amide bonds. The van der Waals surface area contributed by atoms with Crippen LogP contribution in [0.4, 0.5) is 4.39 Å². The Labute approximate surface area is 129 Å². The highest BCUT2D eigenvalue weighted by molar-refractivity contribution is 7.89. The zero-order valence-electron chi connectivity index (χ0n) is 12.5. The first-order valence-electron chi connectivity index (χ1n) is 7.48. The number of aryl methyl sites for hydroxylation is 1. The van der Waals surface area contributed by atoms with Crippen molar-refractivity contribution in [2.75, 3.05) is 13.2 Å². The largest absolute Gasteiger partial charge is 0.347 e. The van der Waals surface area contributed by atoms with Crippen molar-refractivity contribution in [2.24, 2.45) is 0 Å². The molecular formula is C15H20FNO4S. The van der Waals surface area contributed by atoms with Gasteiger partial charge in [-0.1, -0.05) is 0 Å². The van der Waals surface area contributed by atoms with E-state index in [4.69, 9.17) is 9.47 Å². The molecule has 1 aliphatic heterocycles. The van der Waals surface area contributed by atoms with E-state index in [-0.39, 0.29) is 17.5 Å². The molecule has 0 aromatic heterocycles. The van der Waals surface area contributed by atoms with Crippen LogP contribution < -0.4 is 4.72 Å².